The lowest BCUT2D eigenvalue weighted by Crippen LogP contribution is -2.30. The molecule has 7 aromatic carbocycles. The van der Waals surface area contributed by atoms with Gasteiger partial charge in [-0.05, 0) is 52.6 Å². The van der Waals surface area contributed by atoms with Crippen molar-refractivity contribution in [1.29, 1.82) is 0 Å². The second-order valence-corrected chi connectivity index (χ2v) is 13.5. The van der Waals surface area contributed by atoms with Crippen LogP contribution in [0.5, 0.6) is 0 Å². The van der Waals surface area contributed by atoms with Crippen LogP contribution in [0, 0.1) is 0 Å². The van der Waals surface area contributed by atoms with E-state index in [1.807, 2.05) is 0 Å². The summed E-state index contributed by atoms with van der Waals surface area (Å²) >= 11 is 0. The van der Waals surface area contributed by atoms with Gasteiger partial charge in [0.05, 0.1) is 16.6 Å². The zero-order valence-corrected chi connectivity index (χ0v) is 27.8. The summed E-state index contributed by atoms with van der Waals surface area (Å²) in [5.41, 5.74) is 14.5. The normalized spacial score (nSPS) is 15.0. The van der Waals surface area contributed by atoms with Crippen LogP contribution in [0.15, 0.2) is 188 Å². The first-order valence-corrected chi connectivity index (χ1v) is 17.7. The summed E-state index contributed by atoms with van der Waals surface area (Å²) in [5, 5.41) is 5.06. The van der Waals surface area contributed by atoms with Gasteiger partial charge >= 0.3 is 0 Å². The van der Waals surface area contributed by atoms with Gasteiger partial charge in [0.15, 0.2) is 0 Å². The van der Waals surface area contributed by atoms with E-state index in [1.54, 1.807) is 0 Å². The molecule has 1 atom stereocenters. The molecular weight excluding hydrogens is 619 g/mol. The van der Waals surface area contributed by atoms with Crippen LogP contribution in [0.1, 0.15) is 6.04 Å². The highest BCUT2D eigenvalue weighted by Gasteiger charge is 2.38. The molecule has 3 heterocycles. The van der Waals surface area contributed by atoms with E-state index < -0.39 is 0 Å². The molecule has 0 spiro atoms. The summed E-state index contributed by atoms with van der Waals surface area (Å²) in [6.07, 6.45) is 8.98. The molecule has 1 aliphatic carbocycles. The van der Waals surface area contributed by atoms with Gasteiger partial charge in [-0.3, -0.25) is 0 Å². The molecule has 0 saturated heterocycles. The summed E-state index contributed by atoms with van der Waals surface area (Å²) in [5.74, 6) is 0. The van der Waals surface area contributed by atoms with Gasteiger partial charge < -0.3 is 9.13 Å². The lowest BCUT2D eigenvalue weighted by molar-refractivity contribution is 0.781. The first kappa shape index (κ1) is 28.2. The summed E-state index contributed by atoms with van der Waals surface area (Å²) in [7, 11) is 0. The van der Waals surface area contributed by atoms with E-state index in [-0.39, 0.29) is 6.04 Å². The van der Waals surface area contributed by atoms with Crippen molar-refractivity contribution >= 4 is 60.7 Å². The summed E-state index contributed by atoms with van der Waals surface area (Å²) in [4.78, 5) is 0. The molecule has 0 radical (unpaired) electrons. The Morgan fingerprint density at radius 2 is 1.14 bits per heavy atom. The Balaban J connectivity index is 1.29. The number of fused-ring (bicyclic) bond motifs is 9. The van der Waals surface area contributed by atoms with Crippen molar-refractivity contribution in [2.24, 2.45) is 0 Å². The van der Waals surface area contributed by atoms with E-state index in [4.69, 9.17) is 0 Å². The summed E-state index contributed by atoms with van der Waals surface area (Å²) in [6.45, 7) is 0. The van der Waals surface area contributed by atoms with Crippen LogP contribution in [0.25, 0.3) is 71.6 Å². The fourth-order valence-corrected chi connectivity index (χ4v) is 8.64. The highest BCUT2D eigenvalue weighted by molar-refractivity contribution is 6.28. The third-order valence-electron chi connectivity index (χ3n) is 10.8. The molecule has 1 aliphatic heterocycles. The quantitative estimate of drug-likeness (QED) is 0.168. The van der Waals surface area contributed by atoms with E-state index in [1.165, 1.54) is 83.0 Å². The van der Waals surface area contributed by atoms with Crippen molar-refractivity contribution in [3.8, 4) is 27.9 Å². The van der Waals surface area contributed by atoms with Gasteiger partial charge in [-0.1, -0.05) is 133 Å². The second-order valence-electron chi connectivity index (χ2n) is 13.5. The smallest absolute Gasteiger partial charge is 0.235 e. The molecule has 238 valence electrons. The lowest BCUT2D eigenvalue weighted by Gasteiger charge is -2.24. The summed E-state index contributed by atoms with van der Waals surface area (Å²) < 4.78 is 7.55. The van der Waals surface area contributed by atoms with Crippen molar-refractivity contribution in [2.45, 2.75) is 6.04 Å². The predicted molar refractivity (Wildman–Crippen MR) is 215 cm³/mol. The molecule has 0 amide bonds. The molecule has 0 saturated carbocycles. The van der Waals surface area contributed by atoms with Crippen LogP contribution < -0.4 is 4.58 Å². The molecule has 0 N–H and O–H groups in total. The van der Waals surface area contributed by atoms with Crippen molar-refractivity contribution in [3.63, 3.8) is 0 Å². The largest absolute Gasteiger partial charge is 0.318 e. The number of hydrogen-bond donors (Lipinski definition) is 0. The Labute approximate surface area is 295 Å². The van der Waals surface area contributed by atoms with Crippen LogP contribution in [-0.4, -0.2) is 14.8 Å². The number of hydrogen-bond acceptors (Lipinski definition) is 0. The molecular formula is C48H32N3+. The molecule has 11 rings (SSSR count). The number of aromatic nitrogens is 2. The van der Waals surface area contributed by atoms with Crippen LogP contribution in [0.4, 0.5) is 11.4 Å². The maximum Gasteiger partial charge on any atom is 0.235 e. The lowest BCUT2D eigenvalue weighted by atomic mass is 9.98. The second kappa shape index (κ2) is 10.9. The first-order chi connectivity index (χ1) is 25.3. The Hall–Kier alpha value is -6.71. The minimum absolute atomic E-state index is 0.0616. The van der Waals surface area contributed by atoms with E-state index >= 15 is 0 Å². The Morgan fingerprint density at radius 3 is 1.88 bits per heavy atom. The van der Waals surface area contributed by atoms with E-state index in [0.717, 1.165) is 5.69 Å². The van der Waals surface area contributed by atoms with E-state index in [0.29, 0.717) is 0 Å². The number of allylic oxidation sites excluding steroid dienone is 4. The Bertz CT molecular complexity index is 2880. The number of rotatable bonds is 4. The minimum atomic E-state index is 0.0616. The topological polar surface area (TPSA) is 12.9 Å². The van der Waals surface area contributed by atoms with E-state index in [9.17, 15) is 0 Å². The molecule has 0 bridgehead atoms. The maximum absolute atomic E-state index is 2.58. The Morgan fingerprint density at radius 1 is 0.471 bits per heavy atom. The van der Waals surface area contributed by atoms with Gasteiger partial charge in [-0.2, -0.15) is 4.58 Å². The monoisotopic (exact) mass is 650 g/mol. The average molecular weight is 651 g/mol. The fourth-order valence-electron chi connectivity index (χ4n) is 8.64. The molecule has 51 heavy (non-hydrogen) atoms. The fraction of sp³-hybridized carbons (Fsp3) is 0.0208. The highest BCUT2D eigenvalue weighted by Crippen LogP contribution is 2.47. The number of nitrogens with zero attached hydrogens (tertiary/aromatic N) is 3. The van der Waals surface area contributed by atoms with Crippen LogP contribution in [-0.2, 0) is 0 Å². The third kappa shape index (κ3) is 4.09. The number of benzene rings is 7. The SMILES string of the molecule is C1=CC2=[N+](c3ccccc3)c3cccc4c5c6c(ccc5n(c34)C2C=C1)c1ccccc1n6-c1cc(-c2ccccc2)cc(-c2ccccc2)c1. The van der Waals surface area contributed by atoms with Crippen molar-refractivity contribution in [3.05, 3.63) is 188 Å². The average Bonchev–Trinajstić information content (AvgIpc) is 3.73. The standard InChI is InChI=1S/C48H32N3/c1-4-15-32(16-5-1)34-29-35(33-17-6-2-7-18-33)31-37(30-34)50-41-23-11-10-21-38(41)39-27-28-44-46(48(39)50)40-22-14-26-45-47(40)51(44)43-25-13-12-24-42(43)49(45)36-19-8-3-9-20-36/h1-31,43H/q+1. The molecule has 1 unspecified atom stereocenters. The van der Waals surface area contributed by atoms with Crippen LogP contribution in [0.3, 0.4) is 0 Å². The molecule has 3 nitrogen and oxygen atoms in total. The molecule has 3 heteroatoms. The maximum atomic E-state index is 2.58. The van der Waals surface area contributed by atoms with Gasteiger partial charge in [0.2, 0.25) is 17.1 Å². The van der Waals surface area contributed by atoms with Gasteiger partial charge in [-0.15, -0.1) is 0 Å². The summed E-state index contributed by atoms with van der Waals surface area (Å²) in [6, 6.07) is 59.9. The molecule has 0 fully saturated rings. The van der Waals surface area contributed by atoms with Crippen molar-refractivity contribution in [1.82, 2.24) is 13.7 Å². The van der Waals surface area contributed by atoms with Gasteiger partial charge in [0, 0.05) is 51.5 Å². The van der Waals surface area contributed by atoms with Crippen LogP contribution >= 0.6 is 0 Å². The third-order valence-corrected chi connectivity index (χ3v) is 10.8. The zero-order chi connectivity index (χ0) is 33.5. The predicted octanol–water partition coefficient (Wildman–Crippen LogP) is 12.2. The Kier molecular flexibility index (Phi) is 6.02. The van der Waals surface area contributed by atoms with Gasteiger partial charge in [-0.25, -0.2) is 0 Å². The highest BCUT2D eigenvalue weighted by atomic mass is 15.2. The van der Waals surface area contributed by atoms with Gasteiger partial charge in [0.1, 0.15) is 11.6 Å². The van der Waals surface area contributed by atoms with Crippen LogP contribution in [0.2, 0.25) is 0 Å². The van der Waals surface area contributed by atoms with E-state index in [2.05, 4.69) is 202 Å². The first-order valence-electron chi connectivity index (χ1n) is 17.7. The minimum Gasteiger partial charge on any atom is -0.318 e. The van der Waals surface area contributed by atoms with Crippen molar-refractivity contribution in [2.75, 3.05) is 0 Å². The molecule has 2 aliphatic rings. The van der Waals surface area contributed by atoms with Gasteiger partial charge in [0.25, 0.3) is 0 Å². The number of para-hydroxylation sites is 3. The zero-order valence-electron chi connectivity index (χ0n) is 27.8. The van der Waals surface area contributed by atoms with Crippen molar-refractivity contribution < 1.29 is 0 Å². The molecule has 9 aromatic rings. The molecule has 2 aromatic heterocycles.